The Morgan fingerprint density at radius 3 is 2.20 bits per heavy atom. The molecular weight excluding hydrogens is 382 g/mol. The number of nitrogens with zero attached hydrogens (tertiary/aromatic N) is 2. The lowest BCUT2D eigenvalue weighted by atomic mass is 10.0. The van der Waals surface area contributed by atoms with Crippen molar-refractivity contribution in [1.29, 1.82) is 0 Å². The molecule has 2 atom stereocenters. The molecule has 5 heteroatoms. The molecule has 0 amide bonds. The first kappa shape index (κ1) is 24.2. The zero-order valence-corrected chi connectivity index (χ0v) is 18.5. The van der Waals surface area contributed by atoms with Gasteiger partial charge in [-0.3, -0.25) is 0 Å². The molecule has 0 fully saturated rings. The van der Waals surface area contributed by atoms with E-state index in [0.29, 0.717) is 18.0 Å². The summed E-state index contributed by atoms with van der Waals surface area (Å²) >= 11 is 0. The van der Waals surface area contributed by atoms with Gasteiger partial charge in [-0.25, -0.2) is 18.7 Å². The summed E-state index contributed by atoms with van der Waals surface area (Å²) in [5.41, 5.74) is 2.30. The van der Waals surface area contributed by atoms with Gasteiger partial charge < -0.3 is 4.74 Å². The van der Waals surface area contributed by atoms with E-state index in [1.54, 1.807) is 19.3 Å². The molecule has 0 spiro atoms. The Balaban J connectivity index is 1.73. The quantitative estimate of drug-likeness (QED) is 0.285. The number of ether oxygens (including phenoxy) is 1. The lowest BCUT2D eigenvalue weighted by molar-refractivity contribution is 0.179. The van der Waals surface area contributed by atoms with Crippen molar-refractivity contribution in [3.63, 3.8) is 0 Å². The highest BCUT2D eigenvalue weighted by Crippen LogP contribution is 2.19. The first-order valence-electron chi connectivity index (χ1n) is 11.4. The highest BCUT2D eigenvalue weighted by atomic mass is 19.1. The van der Waals surface area contributed by atoms with Crippen LogP contribution in [0.1, 0.15) is 77.2 Å². The number of halogens is 2. The lowest BCUT2D eigenvalue weighted by Gasteiger charge is -2.11. The number of aryl methyl sites for hydroxylation is 1. The first-order valence-corrected chi connectivity index (χ1v) is 11.4. The molecule has 0 aliphatic heterocycles. The van der Waals surface area contributed by atoms with Crippen LogP contribution in [0.5, 0.6) is 5.75 Å². The van der Waals surface area contributed by atoms with E-state index in [9.17, 15) is 8.78 Å². The fraction of sp³-hybridized carbons (Fsp3) is 0.600. The molecule has 2 rings (SSSR count). The fourth-order valence-corrected chi connectivity index (χ4v) is 3.34. The van der Waals surface area contributed by atoms with Crippen molar-refractivity contribution in [2.24, 2.45) is 0 Å². The van der Waals surface area contributed by atoms with E-state index in [1.807, 2.05) is 0 Å². The third kappa shape index (κ3) is 9.19. The summed E-state index contributed by atoms with van der Waals surface area (Å²) in [4.78, 5) is 8.70. The molecule has 2 unspecified atom stereocenters. The van der Waals surface area contributed by atoms with Gasteiger partial charge in [0.1, 0.15) is 12.3 Å². The molecule has 1 aromatic heterocycles. The molecule has 0 radical (unpaired) electrons. The average Bonchev–Trinajstić information content (AvgIpc) is 2.77. The van der Waals surface area contributed by atoms with Gasteiger partial charge in [-0.2, -0.15) is 0 Å². The highest BCUT2D eigenvalue weighted by Gasteiger charge is 2.13. The van der Waals surface area contributed by atoms with Gasteiger partial charge in [-0.15, -0.1) is 0 Å². The van der Waals surface area contributed by atoms with Crippen LogP contribution in [0.3, 0.4) is 0 Å². The molecule has 0 N–H and O–H groups in total. The van der Waals surface area contributed by atoms with Gasteiger partial charge in [0.05, 0.1) is 19.0 Å². The van der Waals surface area contributed by atoms with Crippen LogP contribution < -0.4 is 4.74 Å². The Morgan fingerprint density at radius 2 is 1.53 bits per heavy atom. The van der Waals surface area contributed by atoms with Crippen LogP contribution in [0.15, 0.2) is 36.7 Å². The summed E-state index contributed by atoms with van der Waals surface area (Å²) < 4.78 is 32.3. The Morgan fingerprint density at radius 1 is 0.867 bits per heavy atom. The summed E-state index contributed by atoms with van der Waals surface area (Å²) in [6, 6.07) is 8.39. The maximum Gasteiger partial charge on any atom is 0.159 e. The first-order chi connectivity index (χ1) is 14.6. The smallest absolute Gasteiger partial charge is 0.159 e. The summed E-state index contributed by atoms with van der Waals surface area (Å²) in [5, 5.41) is 0. The normalized spacial score (nSPS) is 13.2. The van der Waals surface area contributed by atoms with E-state index in [4.69, 9.17) is 4.74 Å². The molecule has 30 heavy (non-hydrogen) atoms. The average molecular weight is 419 g/mol. The van der Waals surface area contributed by atoms with Gasteiger partial charge >= 0.3 is 0 Å². The van der Waals surface area contributed by atoms with Crippen molar-refractivity contribution in [2.75, 3.05) is 6.61 Å². The summed E-state index contributed by atoms with van der Waals surface area (Å²) in [7, 11) is 0. The van der Waals surface area contributed by atoms with Crippen LogP contribution >= 0.6 is 0 Å². The van der Waals surface area contributed by atoms with E-state index in [0.717, 1.165) is 12.0 Å². The molecule has 0 aliphatic carbocycles. The molecule has 1 heterocycles. The number of aromatic nitrogens is 2. The van der Waals surface area contributed by atoms with Crippen LogP contribution in [-0.2, 0) is 6.42 Å². The van der Waals surface area contributed by atoms with Gasteiger partial charge in [0.15, 0.2) is 11.6 Å². The Kier molecular flexibility index (Phi) is 11.3. The number of benzene rings is 1. The maximum absolute atomic E-state index is 13.7. The molecule has 1 aromatic carbocycles. The van der Waals surface area contributed by atoms with Gasteiger partial charge in [0.2, 0.25) is 0 Å². The van der Waals surface area contributed by atoms with Crippen LogP contribution in [0.25, 0.3) is 11.4 Å². The number of hydrogen-bond acceptors (Lipinski definition) is 3. The fourth-order valence-electron chi connectivity index (χ4n) is 3.34. The number of alkyl halides is 2. The monoisotopic (exact) mass is 418 g/mol. The van der Waals surface area contributed by atoms with E-state index < -0.39 is 12.3 Å². The van der Waals surface area contributed by atoms with Crippen molar-refractivity contribution in [2.45, 2.75) is 90.4 Å². The second-order valence-electron chi connectivity index (χ2n) is 7.93. The van der Waals surface area contributed by atoms with Crippen LogP contribution in [0.4, 0.5) is 8.78 Å². The van der Waals surface area contributed by atoms with Gasteiger partial charge in [0.25, 0.3) is 0 Å². The van der Waals surface area contributed by atoms with E-state index in [1.165, 1.54) is 44.1 Å². The highest BCUT2D eigenvalue weighted by molar-refractivity contribution is 5.55. The number of hydrogen-bond donors (Lipinski definition) is 0. The van der Waals surface area contributed by atoms with Crippen molar-refractivity contribution >= 4 is 0 Å². The van der Waals surface area contributed by atoms with Crippen molar-refractivity contribution < 1.29 is 13.5 Å². The number of unbranched alkanes of at least 4 members (excludes halogenated alkanes) is 5. The Bertz CT molecular complexity index is 691. The van der Waals surface area contributed by atoms with Gasteiger partial charge in [-0.1, -0.05) is 70.2 Å². The molecule has 0 saturated heterocycles. The molecule has 3 nitrogen and oxygen atoms in total. The van der Waals surface area contributed by atoms with Gasteiger partial charge in [-0.05, 0) is 24.8 Å². The van der Waals surface area contributed by atoms with E-state index in [-0.39, 0.29) is 19.4 Å². The minimum Gasteiger partial charge on any atom is -0.490 e. The summed E-state index contributed by atoms with van der Waals surface area (Å²) in [6.07, 6.45) is 10.3. The second-order valence-corrected chi connectivity index (χ2v) is 7.93. The second kappa shape index (κ2) is 14.1. The third-order valence-electron chi connectivity index (χ3n) is 5.31. The zero-order chi connectivity index (χ0) is 21.6. The van der Waals surface area contributed by atoms with Crippen molar-refractivity contribution in [1.82, 2.24) is 9.97 Å². The van der Waals surface area contributed by atoms with Crippen molar-refractivity contribution in [3.05, 3.63) is 42.2 Å². The summed E-state index contributed by atoms with van der Waals surface area (Å²) in [6.45, 7) is 4.15. The van der Waals surface area contributed by atoms with E-state index >= 15 is 0 Å². The maximum atomic E-state index is 13.7. The molecule has 0 aliphatic rings. The molecule has 0 saturated carbocycles. The Hall–Kier alpha value is -2.04. The SMILES string of the molecule is CCCCCCCCc1ccc(-c2ncc(OCCC(F)CC(F)CC)cn2)cc1. The lowest BCUT2D eigenvalue weighted by Crippen LogP contribution is -2.13. The van der Waals surface area contributed by atoms with Crippen LogP contribution in [0, 0.1) is 0 Å². The largest absolute Gasteiger partial charge is 0.490 e. The topological polar surface area (TPSA) is 35.0 Å². The molecular formula is C25H36F2N2O. The van der Waals surface area contributed by atoms with E-state index in [2.05, 4.69) is 41.2 Å². The standard InChI is InChI=1S/C25H36F2N2O/c1-3-5-6-7-8-9-10-20-11-13-21(14-12-20)25-28-18-24(19-29-25)30-16-15-23(27)17-22(26)4-2/h11-14,18-19,22-23H,3-10,15-17H2,1-2H3. The molecule has 2 aromatic rings. The zero-order valence-electron chi connectivity index (χ0n) is 18.5. The van der Waals surface area contributed by atoms with Gasteiger partial charge in [0, 0.05) is 18.4 Å². The molecule has 166 valence electrons. The van der Waals surface area contributed by atoms with Crippen LogP contribution in [-0.4, -0.2) is 28.9 Å². The predicted molar refractivity (Wildman–Crippen MR) is 119 cm³/mol. The molecule has 0 bridgehead atoms. The Labute approximate surface area is 180 Å². The predicted octanol–water partition coefficient (Wildman–Crippen LogP) is 7.29. The minimum absolute atomic E-state index is 0.0653. The van der Waals surface area contributed by atoms with Crippen LogP contribution in [0.2, 0.25) is 0 Å². The number of rotatable bonds is 15. The third-order valence-corrected chi connectivity index (χ3v) is 5.31. The van der Waals surface area contributed by atoms with Crippen molar-refractivity contribution in [3.8, 4) is 17.1 Å². The summed E-state index contributed by atoms with van der Waals surface area (Å²) in [5.74, 6) is 1.14. The minimum atomic E-state index is -1.19.